The molecule has 1 heterocycles. The minimum atomic E-state index is 0.544. The highest BCUT2D eigenvalue weighted by molar-refractivity contribution is 6.18. The molecule has 1 aliphatic carbocycles. The lowest BCUT2D eigenvalue weighted by atomic mass is 9.86. The number of halogens is 1. The molecule has 1 saturated carbocycles. The van der Waals surface area contributed by atoms with E-state index in [2.05, 4.69) is 22.3 Å². The molecule has 2 atom stereocenters. The summed E-state index contributed by atoms with van der Waals surface area (Å²) in [5.41, 5.74) is 0. The number of rotatable bonds is 6. The van der Waals surface area contributed by atoms with Gasteiger partial charge in [0.15, 0.2) is 0 Å². The van der Waals surface area contributed by atoms with Crippen molar-refractivity contribution in [3.63, 3.8) is 0 Å². The predicted octanol–water partition coefficient (Wildman–Crippen LogP) is 2.58. The molecule has 0 amide bonds. The molecule has 1 aromatic rings. The molecule has 2 rings (SSSR count). The normalized spacial score (nSPS) is 24.3. The first-order valence-corrected chi connectivity index (χ1v) is 7.54. The fraction of sp³-hybridized carbons (Fsp3) is 0.846. The summed E-state index contributed by atoms with van der Waals surface area (Å²) in [6, 6.07) is 0.544. The number of aryl methyl sites for hydroxylation is 1. The first kappa shape index (κ1) is 13.8. The van der Waals surface area contributed by atoms with E-state index in [1.165, 1.54) is 25.7 Å². The molecule has 0 aliphatic heterocycles. The molecule has 4 nitrogen and oxygen atoms in total. The van der Waals surface area contributed by atoms with Gasteiger partial charge in [-0.15, -0.1) is 11.6 Å². The lowest BCUT2D eigenvalue weighted by Crippen LogP contribution is -2.39. The van der Waals surface area contributed by atoms with Crippen molar-refractivity contribution in [2.24, 2.45) is 5.92 Å². The van der Waals surface area contributed by atoms with Gasteiger partial charge < -0.3 is 5.32 Å². The van der Waals surface area contributed by atoms with Crippen LogP contribution in [0.1, 0.15) is 44.9 Å². The van der Waals surface area contributed by atoms with E-state index in [1.807, 2.05) is 4.68 Å². The van der Waals surface area contributed by atoms with Gasteiger partial charge in [-0.3, -0.25) is 0 Å². The fourth-order valence-corrected chi connectivity index (χ4v) is 3.08. The zero-order chi connectivity index (χ0) is 12.8. The minimum absolute atomic E-state index is 0.544. The predicted molar refractivity (Wildman–Crippen MR) is 73.6 cm³/mol. The average molecular weight is 271 g/mol. The molecular formula is C13H23ClN4. The maximum absolute atomic E-state index is 6.04. The van der Waals surface area contributed by atoms with Gasteiger partial charge in [-0.05, 0) is 25.2 Å². The Morgan fingerprint density at radius 1 is 1.44 bits per heavy atom. The quantitative estimate of drug-likeness (QED) is 0.808. The van der Waals surface area contributed by atoms with Gasteiger partial charge in [0.1, 0.15) is 12.2 Å². The Hall–Kier alpha value is -0.610. The Kier molecular flexibility index (Phi) is 5.45. The summed E-state index contributed by atoms with van der Waals surface area (Å²) in [4.78, 5) is 4.33. The average Bonchev–Trinajstić information content (AvgIpc) is 2.84. The summed E-state index contributed by atoms with van der Waals surface area (Å²) in [6.07, 6.45) is 7.85. The van der Waals surface area contributed by atoms with Gasteiger partial charge in [-0.2, -0.15) is 5.10 Å². The molecule has 1 fully saturated rings. The second-order valence-electron chi connectivity index (χ2n) is 5.09. The molecule has 5 heteroatoms. The van der Waals surface area contributed by atoms with Crippen LogP contribution in [-0.2, 0) is 13.1 Å². The molecule has 0 bridgehead atoms. The Balaban J connectivity index is 1.87. The Morgan fingerprint density at radius 2 is 2.28 bits per heavy atom. The standard InChI is InChI=1S/C13H23ClN4/c1-2-7-18-13(16-10-17-18)9-15-12-6-4-3-5-11(12)8-14/h10-12,15H,2-9H2,1H3. The van der Waals surface area contributed by atoms with Gasteiger partial charge >= 0.3 is 0 Å². The van der Waals surface area contributed by atoms with Crippen molar-refractivity contribution in [3.8, 4) is 0 Å². The van der Waals surface area contributed by atoms with Gasteiger partial charge in [0.05, 0.1) is 6.54 Å². The molecule has 2 unspecified atom stereocenters. The number of nitrogens with zero attached hydrogens (tertiary/aromatic N) is 3. The van der Waals surface area contributed by atoms with Gasteiger partial charge in [-0.25, -0.2) is 9.67 Å². The van der Waals surface area contributed by atoms with E-state index in [-0.39, 0.29) is 0 Å². The molecule has 1 aliphatic rings. The maximum atomic E-state index is 6.04. The third-order valence-corrected chi connectivity index (χ3v) is 4.16. The topological polar surface area (TPSA) is 42.7 Å². The van der Waals surface area contributed by atoms with Crippen LogP contribution >= 0.6 is 11.6 Å². The number of alkyl halides is 1. The Bertz CT molecular complexity index is 353. The summed E-state index contributed by atoms with van der Waals surface area (Å²) in [5.74, 6) is 2.41. The monoisotopic (exact) mass is 270 g/mol. The highest BCUT2D eigenvalue weighted by atomic mass is 35.5. The zero-order valence-electron chi connectivity index (χ0n) is 11.1. The highest BCUT2D eigenvalue weighted by Crippen LogP contribution is 2.25. The number of hydrogen-bond acceptors (Lipinski definition) is 3. The summed E-state index contributed by atoms with van der Waals surface area (Å²) in [6.45, 7) is 3.90. The molecular weight excluding hydrogens is 248 g/mol. The van der Waals surface area contributed by atoms with Crippen LogP contribution in [0.4, 0.5) is 0 Å². The van der Waals surface area contributed by atoms with Crippen molar-refractivity contribution in [2.75, 3.05) is 5.88 Å². The minimum Gasteiger partial charge on any atom is -0.307 e. The third-order valence-electron chi connectivity index (χ3n) is 3.76. The van der Waals surface area contributed by atoms with Gasteiger partial charge in [0, 0.05) is 18.5 Å². The van der Waals surface area contributed by atoms with Crippen LogP contribution in [0, 0.1) is 5.92 Å². The van der Waals surface area contributed by atoms with Crippen molar-refractivity contribution in [1.82, 2.24) is 20.1 Å². The van der Waals surface area contributed by atoms with Gasteiger partial charge in [0.2, 0.25) is 0 Å². The Morgan fingerprint density at radius 3 is 3.06 bits per heavy atom. The smallest absolute Gasteiger partial charge is 0.140 e. The molecule has 0 saturated heterocycles. The summed E-state index contributed by atoms with van der Waals surface area (Å²) in [7, 11) is 0. The second-order valence-corrected chi connectivity index (χ2v) is 5.39. The van der Waals surface area contributed by atoms with E-state index in [0.717, 1.165) is 31.2 Å². The van der Waals surface area contributed by atoms with Crippen molar-refractivity contribution in [1.29, 1.82) is 0 Å². The molecule has 102 valence electrons. The highest BCUT2D eigenvalue weighted by Gasteiger charge is 2.24. The largest absolute Gasteiger partial charge is 0.307 e. The molecule has 0 radical (unpaired) electrons. The lowest BCUT2D eigenvalue weighted by molar-refractivity contribution is 0.279. The van der Waals surface area contributed by atoms with Crippen LogP contribution in [-0.4, -0.2) is 26.7 Å². The van der Waals surface area contributed by atoms with Gasteiger partial charge in [-0.1, -0.05) is 19.8 Å². The number of nitrogens with one attached hydrogen (secondary N) is 1. The van der Waals surface area contributed by atoms with E-state index in [9.17, 15) is 0 Å². The van der Waals surface area contributed by atoms with Crippen molar-refractivity contribution >= 4 is 11.6 Å². The van der Waals surface area contributed by atoms with Crippen molar-refractivity contribution in [2.45, 2.75) is 58.2 Å². The zero-order valence-corrected chi connectivity index (χ0v) is 11.9. The van der Waals surface area contributed by atoms with Gasteiger partial charge in [0.25, 0.3) is 0 Å². The summed E-state index contributed by atoms with van der Waals surface area (Å²) in [5, 5.41) is 7.86. The van der Waals surface area contributed by atoms with Crippen molar-refractivity contribution in [3.05, 3.63) is 12.2 Å². The molecule has 1 N–H and O–H groups in total. The Labute approximate surface area is 114 Å². The van der Waals surface area contributed by atoms with E-state index >= 15 is 0 Å². The van der Waals surface area contributed by atoms with E-state index in [4.69, 9.17) is 11.6 Å². The van der Waals surface area contributed by atoms with Crippen LogP contribution in [0.3, 0.4) is 0 Å². The molecule has 0 spiro atoms. The van der Waals surface area contributed by atoms with Crippen LogP contribution < -0.4 is 5.32 Å². The van der Waals surface area contributed by atoms with Crippen molar-refractivity contribution < 1.29 is 0 Å². The maximum Gasteiger partial charge on any atom is 0.140 e. The molecule has 18 heavy (non-hydrogen) atoms. The first-order valence-electron chi connectivity index (χ1n) is 7.01. The van der Waals surface area contributed by atoms with E-state index < -0.39 is 0 Å². The van der Waals surface area contributed by atoms with E-state index in [0.29, 0.717) is 12.0 Å². The summed E-state index contributed by atoms with van der Waals surface area (Å²) < 4.78 is 1.99. The molecule has 1 aromatic heterocycles. The van der Waals surface area contributed by atoms with Crippen LogP contribution in [0.25, 0.3) is 0 Å². The third kappa shape index (κ3) is 3.45. The molecule has 0 aromatic carbocycles. The first-order chi connectivity index (χ1) is 8.85. The van der Waals surface area contributed by atoms with Crippen LogP contribution in [0.2, 0.25) is 0 Å². The fourth-order valence-electron chi connectivity index (χ4n) is 2.71. The van der Waals surface area contributed by atoms with Crippen LogP contribution in [0.5, 0.6) is 0 Å². The summed E-state index contributed by atoms with van der Waals surface area (Å²) >= 11 is 6.04. The SMILES string of the molecule is CCCn1ncnc1CNC1CCCCC1CCl. The lowest BCUT2D eigenvalue weighted by Gasteiger charge is -2.30. The van der Waals surface area contributed by atoms with Crippen LogP contribution in [0.15, 0.2) is 6.33 Å². The van der Waals surface area contributed by atoms with E-state index in [1.54, 1.807) is 6.33 Å². The second kappa shape index (κ2) is 7.10. The number of hydrogen-bond donors (Lipinski definition) is 1. The number of aromatic nitrogens is 3.